The monoisotopic (exact) mass is 520 g/mol. The van der Waals surface area contributed by atoms with Crippen molar-refractivity contribution in [2.24, 2.45) is 0 Å². The van der Waals surface area contributed by atoms with Crippen LogP contribution in [-0.4, -0.2) is 48.4 Å². The molecule has 0 aliphatic heterocycles. The van der Waals surface area contributed by atoms with Crippen LogP contribution in [0.2, 0.25) is 0 Å². The van der Waals surface area contributed by atoms with Gasteiger partial charge >= 0.3 is 11.3 Å². The van der Waals surface area contributed by atoms with Gasteiger partial charge in [0.25, 0.3) is 5.89 Å². The van der Waals surface area contributed by atoms with Crippen LogP contribution >= 0.6 is 0 Å². The fourth-order valence-corrected chi connectivity index (χ4v) is 3.58. The summed E-state index contributed by atoms with van der Waals surface area (Å²) in [4.78, 5) is 42.6. The predicted octanol–water partition coefficient (Wildman–Crippen LogP) is 3.87. The van der Waals surface area contributed by atoms with Crippen molar-refractivity contribution in [1.82, 2.24) is 19.9 Å². The molecule has 3 aromatic heterocycles. The van der Waals surface area contributed by atoms with E-state index in [2.05, 4.69) is 19.9 Å². The van der Waals surface area contributed by atoms with Crippen LogP contribution in [0.1, 0.15) is 13.8 Å². The van der Waals surface area contributed by atoms with Gasteiger partial charge in [-0.05, 0) is 6.07 Å². The molecule has 12 nitrogen and oxygen atoms in total. The van der Waals surface area contributed by atoms with Crippen LogP contribution in [0.25, 0.3) is 45.1 Å². The molecule has 0 spiro atoms. The minimum atomic E-state index is -0.665. The van der Waals surface area contributed by atoms with Gasteiger partial charge in [0.15, 0.2) is 23.0 Å². The van der Waals surface area contributed by atoms with Gasteiger partial charge in [0.1, 0.15) is 5.69 Å². The van der Waals surface area contributed by atoms with Crippen molar-refractivity contribution in [3.8, 4) is 46.3 Å². The van der Waals surface area contributed by atoms with E-state index in [4.69, 9.17) is 27.8 Å². The first kappa shape index (κ1) is 26.1. The summed E-state index contributed by atoms with van der Waals surface area (Å²) in [6.07, 6.45) is 1.40. The zero-order valence-electron chi connectivity index (χ0n) is 21.5. The van der Waals surface area contributed by atoms with E-state index in [0.717, 1.165) is 0 Å². The number of ether oxygens (including phenoxy) is 4. The highest BCUT2D eigenvalue weighted by Gasteiger charge is 2.18. The fraction of sp³-hybridized carbons (Fsp3) is 0.231. The van der Waals surface area contributed by atoms with Crippen molar-refractivity contribution in [1.29, 1.82) is 0 Å². The largest absolute Gasteiger partial charge is 0.493 e. The predicted molar refractivity (Wildman–Crippen MR) is 138 cm³/mol. The Kier molecular flexibility index (Phi) is 7.51. The molecule has 0 aliphatic carbocycles. The smallest absolute Gasteiger partial charge is 0.347 e. The molecule has 0 fully saturated rings. The van der Waals surface area contributed by atoms with Crippen LogP contribution in [0.15, 0.2) is 55.0 Å². The van der Waals surface area contributed by atoms with Gasteiger partial charge in [-0.2, -0.15) is 0 Å². The molecular formula is C26H24N4O8. The maximum Gasteiger partial charge on any atom is 0.347 e. The molecule has 5 aromatic rings. The number of methoxy groups -OCH3 is 4. The van der Waals surface area contributed by atoms with Gasteiger partial charge in [0, 0.05) is 30.5 Å². The highest BCUT2D eigenvalue weighted by molar-refractivity contribution is 5.83. The highest BCUT2D eigenvalue weighted by atomic mass is 16.5. The lowest BCUT2D eigenvalue weighted by Gasteiger charge is -2.09. The molecule has 3 heterocycles. The Balaban J connectivity index is 0.00000164. The number of nitrogens with zero attached hydrogens (tertiary/aromatic N) is 4. The lowest BCUT2D eigenvalue weighted by molar-refractivity contribution is 0.355. The summed E-state index contributed by atoms with van der Waals surface area (Å²) in [5.41, 5.74) is -0.528. The third-order valence-corrected chi connectivity index (χ3v) is 5.33. The molecule has 0 bridgehead atoms. The SMILES string of the molecule is CC.COc1cc2nc(-c3ccnc(-c4nc5cc(OC)c(OC)cc5c(=O)o4)n3)oc(=O)c2cc1OC. The van der Waals surface area contributed by atoms with Crippen molar-refractivity contribution in [3.05, 3.63) is 57.4 Å². The van der Waals surface area contributed by atoms with E-state index in [-0.39, 0.29) is 34.1 Å². The molecule has 196 valence electrons. The van der Waals surface area contributed by atoms with E-state index >= 15 is 0 Å². The van der Waals surface area contributed by atoms with E-state index in [1.807, 2.05) is 13.8 Å². The summed E-state index contributed by atoms with van der Waals surface area (Å²) in [5, 5.41) is 0.399. The van der Waals surface area contributed by atoms with Gasteiger partial charge < -0.3 is 27.8 Å². The summed E-state index contributed by atoms with van der Waals surface area (Å²) >= 11 is 0. The molecule has 0 saturated carbocycles. The van der Waals surface area contributed by atoms with Gasteiger partial charge in [-0.15, -0.1) is 0 Å². The third kappa shape index (κ3) is 4.71. The zero-order chi connectivity index (χ0) is 27.4. The minimum Gasteiger partial charge on any atom is -0.493 e. The Bertz CT molecular complexity index is 1620. The molecule has 38 heavy (non-hydrogen) atoms. The fourth-order valence-electron chi connectivity index (χ4n) is 3.58. The number of fused-ring (bicyclic) bond motifs is 2. The van der Waals surface area contributed by atoms with E-state index in [0.29, 0.717) is 34.0 Å². The normalized spacial score (nSPS) is 10.6. The first-order valence-corrected chi connectivity index (χ1v) is 11.4. The molecular weight excluding hydrogens is 496 g/mol. The number of hydrogen-bond acceptors (Lipinski definition) is 12. The van der Waals surface area contributed by atoms with Crippen molar-refractivity contribution in [3.63, 3.8) is 0 Å². The first-order chi connectivity index (χ1) is 18.4. The molecule has 0 unspecified atom stereocenters. The van der Waals surface area contributed by atoms with Crippen LogP contribution in [-0.2, 0) is 0 Å². The van der Waals surface area contributed by atoms with Crippen LogP contribution in [0.5, 0.6) is 23.0 Å². The van der Waals surface area contributed by atoms with Gasteiger partial charge in [-0.3, -0.25) is 0 Å². The second-order valence-corrected chi connectivity index (χ2v) is 7.33. The average Bonchev–Trinajstić information content (AvgIpc) is 2.96. The first-order valence-electron chi connectivity index (χ1n) is 11.4. The van der Waals surface area contributed by atoms with Gasteiger partial charge in [-0.1, -0.05) is 13.8 Å². The van der Waals surface area contributed by atoms with Crippen molar-refractivity contribution >= 4 is 21.8 Å². The van der Waals surface area contributed by atoms with E-state index < -0.39 is 11.3 Å². The number of benzene rings is 2. The summed E-state index contributed by atoms with van der Waals surface area (Å²) in [6.45, 7) is 4.00. The quantitative estimate of drug-likeness (QED) is 0.320. The molecule has 0 saturated heterocycles. The standard InChI is InChI=1S/C24H18N4O8.C2H6/c1-31-16-7-11-14(9-18(16)33-3)27-21(35-23(11)29)13-5-6-25-20(26-13)22-28-15-10-19(34-4)17(32-2)8-12(15)24(30)36-22;1-2/h5-10H,1-4H3;1-2H3. The van der Waals surface area contributed by atoms with Gasteiger partial charge in [0.05, 0.1) is 50.2 Å². The summed E-state index contributed by atoms with van der Waals surface area (Å²) in [6, 6.07) is 7.56. The van der Waals surface area contributed by atoms with Crippen LogP contribution in [0.3, 0.4) is 0 Å². The highest BCUT2D eigenvalue weighted by Crippen LogP contribution is 2.32. The molecule has 2 aromatic carbocycles. The van der Waals surface area contributed by atoms with Crippen LogP contribution in [0, 0.1) is 0 Å². The second kappa shape index (κ2) is 10.9. The molecule has 0 radical (unpaired) electrons. The molecule has 12 heteroatoms. The number of hydrogen-bond donors (Lipinski definition) is 0. The third-order valence-electron chi connectivity index (χ3n) is 5.33. The van der Waals surface area contributed by atoms with Gasteiger partial charge in [0.2, 0.25) is 11.7 Å². The molecule has 0 amide bonds. The Hall–Kier alpha value is -5.00. The topological polar surface area (TPSA) is 149 Å². The average molecular weight is 520 g/mol. The minimum absolute atomic E-state index is 0.0156. The van der Waals surface area contributed by atoms with Crippen LogP contribution in [0.4, 0.5) is 0 Å². The Morgan fingerprint density at radius 2 is 1.08 bits per heavy atom. The number of aromatic nitrogens is 4. The lowest BCUT2D eigenvalue weighted by atomic mass is 10.2. The summed E-state index contributed by atoms with van der Waals surface area (Å²) in [5.74, 6) is 1.27. The maximum absolute atomic E-state index is 12.7. The maximum atomic E-state index is 12.7. The van der Waals surface area contributed by atoms with Crippen LogP contribution < -0.4 is 30.2 Å². The lowest BCUT2D eigenvalue weighted by Crippen LogP contribution is -2.07. The van der Waals surface area contributed by atoms with Gasteiger partial charge in [-0.25, -0.2) is 29.5 Å². The van der Waals surface area contributed by atoms with E-state index in [9.17, 15) is 9.59 Å². The van der Waals surface area contributed by atoms with E-state index in [1.165, 1.54) is 52.8 Å². The second-order valence-electron chi connectivity index (χ2n) is 7.33. The Morgan fingerprint density at radius 3 is 1.58 bits per heavy atom. The zero-order valence-corrected chi connectivity index (χ0v) is 21.5. The van der Waals surface area contributed by atoms with E-state index in [1.54, 1.807) is 12.1 Å². The summed E-state index contributed by atoms with van der Waals surface area (Å²) < 4.78 is 31.8. The number of rotatable bonds is 6. The van der Waals surface area contributed by atoms with Crippen molar-refractivity contribution < 1.29 is 27.8 Å². The Morgan fingerprint density at radius 1 is 0.632 bits per heavy atom. The Labute approximate surface area is 215 Å². The molecule has 0 aliphatic rings. The van der Waals surface area contributed by atoms with Crippen molar-refractivity contribution in [2.45, 2.75) is 13.8 Å². The molecule has 5 rings (SSSR count). The molecule has 0 N–H and O–H groups in total. The summed E-state index contributed by atoms with van der Waals surface area (Å²) in [7, 11) is 5.86. The van der Waals surface area contributed by atoms with Crippen molar-refractivity contribution in [2.75, 3.05) is 28.4 Å². The molecule has 0 atom stereocenters.